The second kappa shape index (κ2) is 6.16. The van der Waals surface area contributed by atoms with Crippen LogP contribution in [0.2, 0.25) is 5.15 Å². The summed E-state index contributed by atoms with van der Waals surface area (Å²) in [5.41, 5.74) is 1.01. The molecule has 1 aromatic heterocycles. The molecule has 0 amide bonds. The Bertz CT molecular complexity index is 342. The maximum Gasteiger partial charge on any atom is 0.135 e. The van der Waals surface area contributed by atoms with E-state index in [0.29, 0.717) is 17.7 Å². The Balaban J connectivity index is 2.89. The van der Waals surface area contributed by atoms with Crippen molar-refractivity contribution in [2.24, 2.45) is 5.92 Å². The van der Waals surface area contributed by atoms with Gasteiger partial charge >= 0.3 is 0 Å². The molecular weight excluding hydrogens is 224 g/mol. The van der Waals surface area contributed by atoms with Gasteiger partial charge in [0.1, 0.15) is 11.0 Å². The zero-order chi connectivity index (χ0) is 12.1. The summed E-state index contributed by atoms with van der Waals surface area (Å²) in [5, 5.41) is 0.517. The number of hydrogen-bond acceptors (Lipinski definition) is 3. The SMILES string of the molecule is COCC(C)c1nc(Cl)cc(CC(C)C)n1. The van der Waals surface area contributed by atoms with Gasteiger partial charge in [-0.2, -0.15) is 0 Å². The molecule has 1 aromatic rings. The normalized spacial score (nSPS) is 13.1. The Kier molecular flexibility index (Phi) is 5.16. The molecule has 0 saturated heterocycles. The van der Waals surface area contributed by atoms with Crippen LogP contribution < -0.4 is 0 Å². The molecule has 0 N–H and O–H groups in total. The number of methoxy groups -OCH3 is 1. The van der Waals surface area contributed by atoms with Crippen molar-refractivity contribution in [2.45, 2.75) is 33.1 Å². The molecule has 0 fully saturated rings. The van der Waals surface area contributed by atoms with Gasteiger partial charge in [0.05, 0.1) is 6.61 Å². The minimum atomic E-state index is 0.176. The molecule has 0 bridgehead atoms. The number of ether oxygens (including phenoxy) is 1. The summed E-state index contributed by atoms with van der Waals surface area (Å²) >= 11 is 5.99. The molecule has 1 rings (SSSR count). The molecule has 1 unspecified atom stereocenters. The van der Waals surface area contributed by atoms with Crippen LogP contribution >= 0.6 is 11.6 Å². The highest BCUT2D eigenvalue weighted by molar-refractivity contribution is 6.29. The minimum absolute atomic E-state index is 0.176. The Labute approximate surface area is 102 Å². The first-order valence-electron chi connectivity index (χ1n) is 5.55. The molecule has 1 atom stereocenters. The van der Waals surface area contributed by atoms with Gasteiger partial charge in [0, 0.05) is 18.7 Å². The average molecular weight is 243 g/mol. The zero-order valence-electron chi connectivity index (χ0n) is 10.3. The predicted octanol–water partition coefficient (Wildman–Crippen LogP) is 3.08. The molecule has 1 heterocycles. The summed E-state index contributed by atoms with van der Waals surface area (Å²) in [5.74, 6) is 1.51. The number of nitrogens with zero attached hydrogens (tertiary/aromatic N) is 2. The van der Waals surface area contributed by atoms with Gasteiger partial charge in [0.2, 0.25) is 0 Å². The van der Waals surface area contributed by atoms with E-state index >= 15 is 0 Å². The van der Waals surface area contributed by atoms with Crippen molar-refractivity contribution < 1.29 is 4.74 Å². The van der Waals surface area contributed by atoms with E-state index in [4.69, 9.17) is 16.3 Å². The van der Waals surface area contributed by atoms with E-state index in [1.165, 1.54) is 0 Å². The molecule has 0 aliphatic rings. The van der Waals surface area contributed by atoms with Gasteiger partial charge in [-0.15, -0.1) is 0 Å². The van der Waals surface area contributed by atoms with Crippen LogP contribution in [0.1, 0.15) is 38.2 Å². The van der Waals surface area contributed by atoms with Gasteiger partial charge in [0.25, 0.3) is 0 Å². The third kappa shape index (κ3) is 4.06. The number of hydrogen-bond donors (Lipinski definition) is 0. The van der Waals surface area contributed by atoms with E-state index in [0.717, 1.165) is 17.9 Å². The molecule has 0 radical (unpaired) electrons. The van der Waals surface area contributed by atoms with Crippen molar-refractivity contribution in [1.82, 2.24) is 9.97 Å². The third-order valence-electron chi connectivity index (χ3n) is 2.24. The van der Waals surface area contributed by atoms with Crippen LogP contribution in [0, 0.1) is 5.92 Å². The molecule has 0 aliphatic heterocycles. The largest absolute Gasteiger partial charge is 0.384 e. The summed E-state index contributed by atoms with van der Waals surface area (Å²) in [7, 11) is 1.68. The Morgan fingerprint density at radius 2 is 2.00 bits per heavy atom. The highest BCUT2D eigenvalue weighted by atomic mass is 35.5. The van der Waals surface area contributed by atoms with Crippen molar-refractivity contribution in [2.75, 3.05) is 13.7 Å². The van der Waals surface area contributed by atoms with Crippen LogP contribution in [-0.4, -0.2) is 23.7 Å². The van der Waals surface area contributed by atoms with Crippen LogP contribution in [0.5, 0.6) is 0 Å². The van der Waals surface area contributed by atoms with Gasteiger partial charge in [-0.05, 0) is 18.4 Å². The topological polar surface area (TPSA) is 35.0 Å². The van der Waals surface area contributed by atoms with Gasteiger partial charge in [-0.25, -0.2) is 9.97 Å². The monoisotopic (exact) mass is 242 g/mol. The molecule has 3 nitrogen and oxygen atoms in total. The molecule has 0 aliphatic carbocycles. The second-order valence-electron chi connectivity index (χ2n) is 4.49. The second-order valence-corrected chi connectivity index (χ2v) is 4.88. The Morgan fingerprint density at radius 1 is 1.31 bits per heavy atom. The fourth-order valence-electron chi connectivity index (χ4n) is 1.55. The molecule has 16 heavy (non-hydrogen) atoms. The highest BCUT2D eigenvalue weighted by Gasteiger charge is 2.11. The van der Waals surface area contributed by atoms with E-state index in [1.807, 2.05) is 13.0 Å². The Hall–Kier alpha value is -0.670. The molecule has 0 spiro atoms. The molecule has 90 valence electrons. The smallest absolute Gasteiger partial charge is 0.135 e. The summed E-state index contributed by atoms with van der Waals surface area (Å²) in [6.45, 7) is 6.97. The minimum Gasteiger partial charge on any atom is -0.384 e. The molecule has 0 aromatic carbocycles. The van der Waals surface area contributed by atoms with E-state index in [-0.39, 0.29) is 5.92 Å². The van der Waals surface area contributed by atoms with Crippen LogP contribution in [0.4, 0.5) is 0 Å². The summed E-state index contributed by atoms with van der Waals surface area (Å²) in [4.78, 5) is 8.75. The first kappa shape index (κ1) is 13.4. The van der Waals surface area contributed by atoms with Gasteiger partial charge in [-0.3, -0.25) is 0 Å². The van der Waals surface area contributed by atoms with Gasteiger partial charge in [-0.1, -0.05) is 32.4 Å². The first-order chi connectivity index (χ1) is 7.52. The van der Waals surface area contributed by atoms with E-state index in [1.54, 1.807) is 7.11 Å². The van der Waals surface area contributed by atoms with Crippen molar-refractivity contribution in [1.29, 1.82) is 0 Å². The van der Waals surface area contributed by atoms with Crippen LogP contribution in [0.25, 0.3) is 0 Å². The number of aromatic nitrogens is 2. The lowest BCUT2D eigenvalue weighted by molar-refractivity contribution is 0.181. The van der Waals surface area contributed by atoms with Gasteiger partial charge in [0.15, 0.2) is 0 Å². The fourth-order valence-corrected chi connectivity index (χ4v) is 1.76. The summed E-state index contributed by atoms with van der Waals surface area (Å²) in [6.07, 6.45) is 0.926. The number of halogens is 1. The van der Waals surface area contributed by atoms with Crippen molar-refractivity contribution in [3.63, 3.8) is 0 Å². The average Bonchev–Trinajstić information content (AvgIpc) is 2.15. The lowest BCUT2D eigenvalue weighted by atomic mass is 10.1. The van der Waals surface area contributed by atoms with Crippen molar-refractivity contribution >= 4 is 11.6 Å². The quantitative estimate of drug-likeness (QED) is 0.745. The first-order valence-corrected chi connectivity index (χ1v) is 5.93. The van der Waals surface area contributed by atoms with Gasteiger partial charge < -0.3 is 4.74 Å². The maximum atomic E-state index is 5.99. The lowest BCUT2D eigenvalue weighted by Gasteiger charge is -2.11. The van der Waals surface area contributed by atoms with Crippen molar-refractivity contribution in [3.05, 3.63) is 22.7 Å². The van der Waals surface area contributed by atoms with E-state index < -0.39 is 0 Å². The zero-order valence-corrected chi connectivity index (χ0v) is 11.1. The standard InChI is InChI=1S/C12H19ClN2O/c1-8(2)5-10-6-11(13)15-12(14-10)9(3)7-16-4/h6,8-9H,5,7H2,1-4H3. The van der Waals surface area contributed by atoms with Crippen molar-refractivity contribution in [3.8, 4) is 0 Å². The lowest BCUT2D eigenvalue weighted by Crippen LogP contribution is -2.09. The predicted molar refractivity (Wildman–Crippen MR) is 65.9 cm³/mol. The highest BCUT2D eigenvalue weighted by Crippen LogP contribution is 2.16. The Morgan fingerprint density at radius 3 is 2.56 bits per heavy atom. The summed E-state index contributed by atoms with van der Waals surface area (Å²) in [6, 6.07) is 1.84. The molecular formula is C12H19ClN2O. The third-order valence-corrected chi connectivity index (χ3v) is 2.43. The van der Waals surface area contributed by atoms with E-state index in [9.17, 15) is 0 Å². The molecule has 4 heteroatoms. The molecule has 0 saturated carbocycles. The van der Waals surface area contributed by atoms with Crippen LogP contribution in [-0.2, 0) is 11.2 Å². The number of rotatable bonds is 5. The maximum absolute atomic E-state index is 5.99. The summed E-state index contributed by atoms with van der Waals surface area (Å²) < 4.78 is 5.10. The van der Waals surface area contributed by atoms with Crippen LogP contribution in [0.3, 0.4) is 0 Å². The van der Waals surface area contributed by atoms with E-state index in [2.05, 4.69) is 23.8 Å². The van der Waals surface area contributed by atoms with Crippen LogP contribution in [0.15, 0.2) is 6.07 Å². The fraction of sp³-hybridized carbons (Fsp3) is 0.667.